The van der Waals surface area contributed by atoms with Crippen molar-refractivity contribution >= 4 is 23.5 Å². The Morgan fingerprint density at radius 2 is 2.13 bits per heavy atom. The molecule has 0 radical (unpaired) electrons. The summed E-state index contributed by atoms with van der Waals surface area (Å²) in [6.07, 6.45) is 1.49. The van der Waals surface area contributed by atoms with Crippen molar-refractivity contribution < 1.29 is 14.5 Å². The minimum Gasteiger partial charge on any atom is -0.493 e. The van der Waals surface area contributed by atoms with Crippen LogP contribution in [-0.2, 0) is 11.4 Å². The van der Waals surface area contributed by atoms with E-state index in [0.717, 1.165) is 0 Å². The Morgan fingerprint density at radius 3 is 2.87 bits per heavy atom. The molecular weight excluding hydrogens is 320 g/mol. The Hall–Kier alpha value is -2.60. The van der Waals surface area contributed by atoms with Gasteiger partial charge >= 0.3 is 0 Å². The van der Waals surface area contributed by atoms with Crippen molar-refractivity contribution in [1.29, 1.82) is 0 Å². The van der Waals surface area contributed by atoms with E-state index in [1.54, 1.807) is 30.3 Å². The molecule has 0 fully saturated rings. The number of halogens is 1. The summed E-state index contributed by atoms with van der Waals surface area (Å²) in [4.78, 5) is 15.4. The maximum atomic E-state index is 10.7. The molecule has 2 aromatic rings. The fourth-order valence-electron chi connectivity index (χ4n) is 1.87. The largest absolute Gasteiger partial charge is 0.493 e. The summed E-state index contributed by atoms with van der Waals surface area (Å²) in [5.41, 5.74) is 1.37. The molecule has 0 saturated carbocycles. The second-order valence-electron chi connectivity index (χ2n) is 4.55. The van der Waals surface area contributed by atoms with Crippen molar-refractivity contribution in [3.8, 4) is 5.75 Å². The number of nitro benzene ring substituents is 1. The maximum absolute atomic E-state index is 10.7. The minimum atomic E-state index is -0.451. The van der Waals surface area contributed by atoms with E-state index in [4.69, 9.17) is 21.2 Å². The number of nitrogens with zero attached hydrogens (tertiary/aromatic N) is 2. The average Bonchev–Trinajstić information content (AvgIpc) is 2.54. The second kappa shape index (κ2) is 8.14. The van der Waals surface area contributed by atoms with Gasteiger partial charge in [-0.1, -0.05) is 28.9 Å². The highest BCUT2D eigenvalue weighted by molar-refractivity contribution is 6.30. The molecule has 0 amide bonds. The van der Waals surface area contributed by atoms with Crippen LogP contribution in [-0.4, -0.2) is 17.7 Å². The Balaban J connectivity index is 2.01. The maximum Gasteiger partial charge on any atom is 0.269 e. The normalized spacial score (nSPS) is 10.7. The number of ether oxygens (including phenoxy) is 1. The van der Waals surface area contributed by atoms with Crippen molar-refractivity contribution in [2.75, 3.05) is 6.61 Å². The fraction of sp³-hybridized carbons (Fsp3) is 0.188. The van der Waals surface area contributed by atoms with Gasteiger partial charge in [0.2, 0.25) is 0 Å². The molecule has 0 aliphatic rings. The summed E-state index contributed by atoms with van der Waals surface area (Å²) in [6.45, 7) is 2.54. The molecule has 0 aliphatic carbocycles. The molecule has 120 valence electrons. The van der Waals surface area contributed by atoms with E-state index in [9.17, 15) is 10.1 Å². The van der Waals surface area contributed by atoms with E-state index in [1.807, 2.05) is 6.92 Å². The Morgan fingerprint density at radius 1 is 1.30 bits per heavy atom. The van der Waals surface area contributed by atoms with Crippen molar-refractivity contribution in [2.24, 2.45) is 5.16 Å². The lowest BCUT2D eigenvalue weighted by Gasteiger charge is -2.06. The van der Waals surface area contributed by atoms with Crippen molar-refractivity contribution in [2.45, 2.75) is 13.5 Å². The summed E-state index contributed by atoms with van der Waals surface area (Å²) in [5.74, 6) is 0.652. The molecule has 0 heterocycles. The predicted molar refractivity (Wildman–Crippen MR) is 88.1 cm³/mol. The van der Waals surface area contributed by atoms with E-state index in [1.165, 1.54) is 18.3 Å². The van der Waals surface area contributed by atoms with E-state index >= 15 is 0 Å². The molecule has 0 atom stereocenters. The molecule has 2 rings (SSSR count). The number of benzene rings is 2. The summed E-state index contributed by atoms with van der Waals surface area (Å²) in [5, 5.41) is 15.1. The van der Waals surface area contributed by atoms with Gasteiger partial charge in [-0.05, 0) is 30.7 Å². The molecule has 6 nitrogen and oxygen atoms in total. The van der Waals surface area contributed by atoms with Crippen LogP contribution < -0.4 is 4.74 Å². The van der Waals surface area contributed by atoms with Crippen molar-refractivity contribution in [1.82, 2.24) is 0 Å². The molecule has 2 aromatic carbocycles. The van der Waals surface area contributed by atoms with Crippen molar-refractivity contribution in [3.63, 3.8) is 0 Å². The van der Waals surface area contributed by atoms with Gasteiger partial charge in [-0.25, -0.2) is 0 Å². The van der Waals surface area contributed by atoms with Crippen LogP contribution in [0.3, 0.4) is 0 Å². The van der Waals surface area contributed by atoms with Gasteiger partial charge in [-0.3, -0.25) is 10.1 Å². The Labute approximate surface area is 138 Å². The van der Waals surface area contributed by atoms with Gasteiger partial charge in [-0.2, -0.15) is 0 Å². The third-order valence-corrected chi connectivity index (χ3v) is 3.13. The highest BCUT2D eigenvalue weighted by atomic mass is 35.5. The third-order valence-electron chi connectivity index (χ3n) is 2.89. The standard InChI is InChI=1S/C16H15ClN2O4/c1-2-22-16-7-6-14(17)9-13(16)10-18-23-11-12-4-3-5-15(8-12)19(20)21/h3-10H,2,11H2,1H3/b18-10+. The summed E-state index contributed by atoms with van der Waals surface area (Å²) in [6, 6.07) is 11.4. The van der Waals surface area contributed by atoms with Gasteiger partial charge in [0.25, 0.3) is 5.69 Å². The lowest BCUT2D eigenvalue weighted by molar-refractivity contribution is -0.384. The third kappa shape index (κ3) is 4.96. The zero-order valence-electron chi connectivity index (χ0n) is 12.4. The van der Waals surface area contributed by atoms with Crippen LogP contribution in [0.1, 0.15) is 18.1 Å². The Bertz CT molecular complexity index is 719. The highest BCUT2D eigenvalue weighted by Crippen LogP contribution is 2.21. The van der Waals surface area contributed by atoms with E-state index in [2.05, 4.69) is 5.16 Å². The molecule has 7 heteroatoms. The fourth-order valence-corrected chi connectivity index (χ4v) is 2.05. The van der Waals surface area contributed by atoms with Crippen LogP contribution in [0.15, 0.2) is 47.6 Å². The van der Waals surface area contributed by atoms with E-state index < -0.39 is 4.92 Å². The first-order chi connectivity index (χ1) is 11.1. The molecule has 0 unspecified atom stereocenters. The van der Waals surface area contributed by atoms with Crippen LogP contribution in [0.2, 0.25) is 5.02 Å². The molecule has 0 spiro atoms. The number of rotatable bonds is 7. The Kier molecular flexibility index (Phi) is 5.94. The van der Waals surface area contributed by atoms with Gasteiger partial charge in [0.15, 0.2) is 0 Å². The molecule has 0 N–H and O–H groups in total. The first kappa shape index (κ1) is 16.8. The van der Waals surface area contributed by atoms with Crippen LogP contribution in [0.4, 0.5) is 5.69 Å². The zero-order chi connectivity index (χ0) is 16.7. The SMILES string of the molecule is CCOc1ccc(Cl)cc1/C=N/OCc1cccc([N+](=O)[O-])c1. The van der Waals surface area contributed by atoms with Gasteiger partial charge < -0.3 is 9.57 Å². The molecule has 23 heavy (non-hydrogen) atoms. The number of hydrogen-bond acceptors (Lipinski definition) is 5. The van der Waals surface area contributed by atoms with Crippen LogP contribution in [0, 0.1) is 10.1 Å². The van der Waals surface area contributed by atoms with Crippen LogP contribution in [0.5, 0.6) is 5.75 Å². The number of nitro groups is 1. The first-order valence-electron chi connectivity index (χ1n) is 6.91. The smallest absolute Gasteiger partial charge is 0.269 e. The quantitative estimate of drug-likeness (QED) is 0.432. The molecule has 0 bridgehead atoms. The summed E-state index contributed by atoms with van der Waals surface area (Å²) < 4.78 is 5.47. The lowest BCUT2D eigenvalue weighted by Crippen LogP contribution is -1.96. The average molecular weight is 335 g/mol. The predicted octanol–water partition coefficient (Wildman–Crippen LogP) is 4.20. The first-order valence-corrected chi connectivity index (χ1v) is 7.29. The highest BCUT2D eigenvalue weighted by Gasteiger charge is 2.06. The lowest BCUT2D eigenvalue weighted by atomic mass is 10.2. The summed E-state index contributed by atoms with van der Waals surface area (Å²) >= 11 is 5.95. The molecular formula is C16H15ClN2O4. The molecule has 0 aromatic heterocycles. The monoisotopic (exact) mass is 334 g/mol. The number of oxime groups is 1. The van der Waals surface area contributed by atoms with E-state index in [0.29, 0.717) is 28.5 Å². The minimum absolute atomic E-state index is 0.0172. The van der Waals surface area contributed by atoms with Crippen molar-refractivity contribution in [3.05, 3.63) is 68.7 Å². The van der Waals surface area contributed by atoms with Crippen LogP contribution >= 0.6 is 11.6 Å². The topological polar surface area (TPSA) is 74.0 Å². The molecule has 0 aliphatic heterocycles. The van der Waals surface area contributed by atoms with Gasteiger partial charge in [0, 0.05) is 22.7 Å². The zero-order valence-corrected chi connectivity index (χ0v) is 13.2. The molecule has 0 saturated heterocycles. The van der Waals surface area contributed by atoms with Gasteiger partial charge in [0.1, 0.15) is 12.4 Å². The van der Waals surface area contributed by atoms with E-state index in [-0.39, 0.29) is 12.3 Å². The summed E-state index contributed by atoms with van der Waals surface area (Å²) in [7, 11) is 0. The second-order valence-corrected chi connectivity index (χ2v) is 4.99. The van der Waals surface area contributed by atoms with Crippen LogP contribution in [0.25, 0.3) is 0 Å². The number of non-ortho nitro benzene ring substituents is 1. The van der Waals surface area contributed by atoms with Gasteiger partial charge in [-0.15, -0.1) is 0 Å². The number of hydrogen-bond donors (Lipinski definition) is 0. The van der Waals surface area contributed by atoms with Gasteiger partial charge in [0.05, 0.1) is 17.7 Å².